The van der Waals surface area contributed by atoms with Gasteiger partial charge in [0.15, 0.2) is 0 Å². The first kappa shape index (κ1) is 8.43. The van der Waals surface area contributed by atoms with E-state index >= 15 is 0 Å². The largest absolute Gasteiger partial charge is 0.309 e. The molecule has 1 unspecified atom stereocenters. The van der Waals surface area contributed by atoms with Crippen LogP contribution in [0.15, 0.2) is 23.9 Å². The number of hydrogen-bond acceptors (Lipinski definition) is 3. The normalized spacial score (nSPS) is 12.9. The Hall–Kier alpha value is -0.670. The molecule has 3 heteroatoms. The number of rotatable bonds is 3. The summed E-state index contributed by atoms with van der Waals surface area (Å²) in [6.45, 7) is 5.91. The Labute approximate surface area is 71.0 Å². The van der Waals surface area contributed by atoms with Crippen LogP contribution in [0.3, 0.4) is 0 Å². The molecule has 1 N–H and O–H groups in total. The van der Waals surface area contributed by atoms with E-state index in [4.69, 9.17) is 0 Å². The maximum absolute atomic E-state index is 4.01. The second-order valence-corrected chi connectivity index (χ2v) is 3.39. The van der Waals surface area contributed by atoms with Crippen molar-refractivity contribution in [3.8, 4) is 0 Å². The Morgan fingerprint density at radius 3 is 2.91 bits per heavy atom. The molecule has 0 amide bonds. The highest BCUT2D eigenvalue weighted by Gasteiger charge is 2.09. The smallest absolute Gasteiger partial charge is 0.0794 e. The molecule has 0 aliphatic rings. The molecular formula is C8H12N2S. The molecule has 1 aromatic heterocycles. The lowest BCUT2D eigenvalue weighted by molar-refractivity contribution is 0.690. The molecule has 0 fully saturated rings. The minimum atomic E-state index is 0.266. The van der Waals surface area contributed by atoms with Gasteiger partial charge in [0.1, 0.15) is 0 Å². The number of nitrogens with zero attached hydrogens (tertiary/aromatic N) is 1. The molecule has 2 nitrogen and oxygen atoms in total. The van der Waals surface area contributed by atoms with Crippen LogP contribution in [0.4, 0.5) is 0 Å². The second-order valence-electron chi connectivity index (χ2n) is 2.47. The molecular weight excluding hydrogens is 156 g/mol. The summed E-state index contributed by atoms with van der Waals surface area (Å²) in [5.41, 5.74) is 2.96. The molecule has 1 heterocycles. The fraction of sp³-hybridized carbons (Fsp3) is 0.375. The van der Waals surface area contributed by atoms with Crippen LogP contribution >= 0.6 is 11.3 Å². The Bertz CT molecular complexity index is 228. The molecule has 0 aliphatic heterocycles. The van der Waals surface area contributed by atoms with Gasteiger partial charge >= 0.3 is 0 Å². The van der Waals surface area contributed by atoms with Crippen LogP contribution < -0.4 is 5.32 Å². The molecule has 1 atom stereocenters. The van der Waals surface area contributed by atoms with E-state index in [1.807, 2.05) is 25.7 Å². The van der Waals surface area contributed by atoms with Crippen molar-refractivity contribution in [3.63, 3.8) is 0 Å². The fourth-order valence-electron chi connectivity index (χ4n) is 1.000. The number of nitrogens with one attached hydrogen (secondary N) is 1. The van der Waals surface area contributed by atoms with Gasteiger partial charge < -0.3 is 5.32 Å². The average molecular weight is 168 g/mol. The van der Waals surface area contributed by atoms with Crippen molar-refractivity contribution in [2.24, 2.45) is 0 Å². The molecule has 0 bridgehead atoms. The van der Waals surface area contributed by atoms with Gasteiger partial charge in [-0.2, -0.15) is 0 Å². The van der Waals surface area contributed by atoms with Crippen molar-refractivity contribution < 1.29 is 0 Å². The molecule has 0 aliphatic carbocycles. The third-order valence-electron chi connectivity index (χ3n) is 1.52. The summed E-state index contributed by atoms with van der Waals surface area (Å²) in [5.74, 6) is 0. The van der Waals surface area contributed by atoms with E-state index in [9.17, 15) is 0 Å². The van der Waals surface area contributed by atoms with E-state index in [0.717, 1.165) is 5.57 Å². The van der Waals surface area contributed by atoms with Crippen molar-refractivity contribution in [2.75, 3.05) is 7.05 Å². The molecule has 60 valence electrons. The highest BCUT2D eigenvalue weighted by Crippen LogP contribution is 2.22. The second kappa shape index (κ2) is 3.64. The van der Waals surface area contributed by atoms with Crippen LogP contribution in [0.2, 0.25) is 0 Å². The topological polar surface area (TPSA) is 24.9 Å². The predicted molar refractivity (Wildman–Crippen MR) is 48.7 cm³/mol. The van der Waals surface area contributed by atoms with Crippen molar-refractivity contribution in [3.05, 3.63) is 28.7 Å². The van der Waals surface area contributed by atoms with Gasteiger partial charge in [-0.1, -0.05) is 12.2 Å². The molecule has 0 saturated heterocycles. The van der Waals surface area contributed by atoms with Crippen LogP contribution in [0.25, 0.3) is 0 Å². The zero-order valence-corrected chi connectivity index (χ0v) is 7.61. The first-order valence-corrected chi connectivity index (χ1v) is 4.34. The zero-order valence-electron chi connectivity index (χ0n) is 6.79. The van der Waals surface area contributed by atoms with E-state index in [-0.39, 0.29) is 6.04 Å². The molecule has 0 radical (unpaired) electrons. The third kappa shape index (κ3) is 1.88. The molecule has 11 heavy (non-hydrogen) atoms. The van der Waals surface area contributed by atoms with E-state index < -0.39 is 0 Å². The van der Waals surface area contributed by atoms with Gasteiger partial charge in [0.25, 0.3) is 0 Å². The van der Waals surface area contributed by atoms with Crippen molar-refractivity contribution in [1.82, 2.24) is 10.3 Å². The Morgan fingerprint density at radius 1 is 1.82 bits per heavy atom. The van der Waals surface area contributed by atoms with Crippen molar-refractivity contribution >= 4 is 11.3 Å². The maximum Gasteiger partial charge on any atom is 0.0794 e. The third-order valence-corrected chi connectivity index (χ3v) is 2.36. The standard InChI is InChI=1S/C8H12N2S/c1-6(2)8(9-3)7-4-10-5-11-7/h4-5,8-9H,1H2,2-3H3. The van der Waals surface area contributed by atoms with Crippen molar-refractivity contribution in [2.45, 2.75) is 13.0 Å². The first-order chi connectivity index (χ1) is 5.25. The Morgan fingerprint density at radius 2 is 2.55 bits per heavy atom. The van der Waals surface area contributed by atoms with Gasteiger partial charge in [-0.3, -0.25) is 4.98 Å². The van der Waals surface area contributed by atoms with Crippen LogP contribution in [0.1, 0.15) is 17.8 Å². The van der Waals surface area contributed by atoms with Gasteiger partial charge in [0.05, 0.1) is 11.6 Å². The lowest BCUT2D eigenvalue weighted by Crippen LogP contribution is -2.15. The van der Waals surface area contributed by atoms with E-state index in [2.05, 4.69) is 16.9 Å². The average Bonchev–Trinajstić information content (AvgIpc) is 2.40. The van der Waals surface area contributed by atoms with Gasteiger partial charge in [0, 0.05) is 11.1 Å². The summed E-state index contributed by atoms with van der Waals surface area (Å²) in [6, 6.07) is 0.266. The van der Waals surface area contributed by atoms with Gasteiger partial charge in [-0.05, 0) is 14.0 Å². The highest BCUT2D eigenvalue weighted by atomic mass is 32.1. The summed E-state index contributed by atoms with van der Waals surface area (Å²) < 4.78 is 0. The quantitative estimate of drug-likeness (QED) is 0.698. The van der Waals surface area contributed by atoms with Gasteiger partial charge in [-0.25, -0.2) is 0 Å². The Kier molecular flexibility index (Phi) is 2.79. The number of thiazole rings is 1. The molecule has 1 rings (SSSR count). The minimum Gasteiger partial charge on any atom is -0.309 e. The monoisotopic (exact) mass is 168 g/mol. The predicted octanol–water partition coefficient (Wildman–Crippen LogP) is 1.98. The van der Waals surface area contributed by atoms with E-state index in [0.29, 0.717) is 0 Å². The lowest BCUT2D eigenvalue weighted by atomic mass is 10.1. The minimum absolute atomic E-state index is 0.266. The van der Waals surface area contributed by atoms with Crippen LogP contribution in [-0.4, -0.2) is 12.0 Å². The first-order valence-electron chi connectivity index (χ1n) is 3.46. The number of hydrogen-bond donors (Lipinski definition) is 1. The van der Waals surface area contributed by atoms with E-state index in [1.165, 1.54) is 4.88 Å². The highest BCUT2D eigenvalue weighted by molar-refractivity contribution is 7.09. The van der Waals surface area contributed by atoms with Crippen LogP contribution in [0.5, 0.6) is 0 Å². The summed E-state index contributed by atoms with van der Waals surface area (Å²) in [5, 5.41) is 3.17. The van der Waals surface area contributed by atoms with Crippen molar-refractivity contribution in [1.29, 1.82) is 0 Å². The Balaban J connectivity index is 2.79. The molecule has 0 spiro atoms. The summed E-state index contributed by atoms with van der Waals surface area (Å²) in [4.78, 5) is 5.23. The maximum atomic E-state index is 4.01. The molecule has 1 aromatic rings. The van der Waals surface area contributed by atoms with Crippen LogP contribution in [-0.2, 0) is 0 Å². The summed E-state index contributed by atoms with van der Waals surface area (Å²) >= 11 is 1.65. The number of aromatic nitrogens is 1. The SMILES string of the molecule is C=C(C)C(NC)c1cncs1. The fourth-order valence-corrected chi connectivity index (χ4v) is 1.82. The number of likely N-dealkylation sites (N-methyl/N-ethyl adjacent to an activating group) is 1. The summed E-state index contributed by atoms with van der Waals surface area (Å²) in [7, 11) is 1.93. The van der Waals surface area contributed by atoms with Gasteiger partial charge in [0.2, 0.25) is 0 Å². The molecule has 0 aromatic carbocycles. The summed E-state index contributed by atoms with van der Waals surface area (Å²) in [6.07, 6.45) is 1.88. The zero-order chi connectivity index (χ0) is 8.27. The lowest BCUT2D eigenvalue weighted by Gasteiger charge is -2.12. The van der Waals surface area contributed by atoms with Crippen LogP contribution in [0, 0.1) is 0 Å². The van der Waals surface area contributed by atoms with E-state index in [1.54, 1.807) is 11.3 Å². The van der Waals surface area contributed by atoms with Gasteiger partial charge in [-0.15, -0.1) is 11.3 Å². The molecule has 0 saturated carbocycles.